The predicted molar refractivity (Wildman–Crippen MR) is 75.3 cm³/mol. The minimum atomic E-state index is 0.591. The van der Waals surface area contributed by atoms with Gasteiger partial charge in [-0.05, 0) is 46.5 Å². The van der Waals surface area contributed by atoms with Gasteiger partial charge in [-0.2, -0.15) is 4.68 Å². The number of anilines is 1. The Bertz CT molecular complexity index is 698. The molecule has 0 aliphatic carbocycles. The third-order valence-corrected chi connectivity index (χ3v) is 3.38. The molecule has 20 heavy (non-hydrogen) atoms. The van der Waals surface area contributed by atoms with Crippen LogP contribution in [0.5, 0.6) is 0 Å². The summed E-state index contributed by atoms with van der Waals surface area (Å²) in [6, 6.07) is 15.2. The first-order valence-corrected chi connectivity index (χ1v) is 6.64. The highest BCUT2D eigenvalue weighted by molar-refractivity contribution is 7.99. The number of aromatic nitrogens is 5. The number of para-hydroxylation sites is 1. The van der Waals surface area contributed by atoms with Gasteiger partial charge in [0.2, 0.25) is 5.16 Å². The van der Waals surface area contributed by atoms with Crippen molar-refractivity contribution in [3.63, 3.8) is 0 Å². The highest BCUT2D eigenvalue weighted by atomic mass is 32.2. The third-order valence-electron chi connectivity index (χ3n) is 2.51. The van der Waals surface area contributed by atoms with Gasteiger partial charge in [-0.3, -0.25) is 0 Å². The lowest BCUT2D eigenvalue weighted by molar-refractivity contribution is 0.756. The van der Waals surface area contributed by atoms with Gasteiger partial charge in [0.15, 0.2) is 0 Å². The number of hydrogen-bond donors (Lipinski definition) is 2. The molecule has 7 nitrogen and oxygen atoms in total. The number of pyridine rings is 1. The molecule has 0 radical (unpaired) electrons. The molecule has 2 heterocycles. The zero-order chi connectivity index (χ0) is 13.8. The van der Waals surface area contributed by atoms with Crippen molar-refractivity contribution < 1.29 is 0 Å². The zero-order valence-corrected chi connectivity index (χ0v) is 11.2. The van der Waals surface area contributed by atoms with Crippen LogP contribution in [0.1, 0.15) is 0 Å². The first-order valence-electron chi connectivity index (χ1n) is 5.82. The minimum absolute atomic E-state index is 0.591. The maximum Gasteiger partial charge on any atom is 0.220 e. The third kappa shape index (κ3) is 2.60. The summed E-state index contributed by atoms with van der Waals surface area (Å²) in [7, 11) is 0. The number of hydrazine groups is 1. The van der Waals surface area contributed by atoms with E-state index in [1.807, 2.05) is 42.5 Å². The zero-order valence-electron chi connectivity index (χ0n) is 10.3. The highest BCUT2D eigenvalue weighted by Gasteiger charge is 2.10. The molecule has 3 rings (SSSR count). The average Bonchev–Trinajstić information content (AvgIpc) is 2.96. The van der Waals surface area contributed by atoms with Gasteiger partial charge in [0, 0.05) is 0 Å². The molecule has 2 aromatic heterocycles. The van der Waals surface area contributed by atoms with Crippen LogP contribution in [0.2, 0.25) is 0 Å². The lowest BCUT2D eigenvalue weighted by Gasteiger charge is -2.04. The molecule has 100 valence electrons. The molecule has 8 heteroatoms. The summed E-state index contributed by atoms with van der Waals surface area (Å²) in [4.78, 5) is 4.32. The summed E-state index contributed by atoms with van der Waals surface area (Å²) in [5.41, 5.74) is 3.41. The van der Waals surface area contributed by atoms with E-state index >= 15 is 0 Å². The number of benzene rings is 1. The largest absolute Gasteiger partial charge is 0.308 e. The molecule has 3 aromatic rings. The van der Waals surface area contributed by atoms with Crippen LogP contribution in [0.3, 0.4) is 0 Å². The van der Waals surface area contributed by atoms with Crippen molar-refractivity contribution in [1.82, 2.24) is 25.2 Å². The van der Waals surface area contributed by atoms with Gasteiger partial charge in [0.25, 0.3) is 0 Å². The second kappa shape index (κ2) is 5.68. The SMILES string of the molecule is NNc1cccc(Sc2nnnn2-c2ccccc2)n1. The number of tetrazole rings is 1. The van der Waals surface area contributed by atoms with Gasteiger partial charge in [0.05, 0.1) is 5.69 Å². The molecule has 0 amide bonds. The van der Waals surface area contributed by atoms with Gasteiger partial charge in [-0.15, -0.1) is 5.10 Å². The Balaban J connectivity index is 1.90. The maximum absolute atomic E-state index is 5.35. The Labute approximate surface area is 119 Å². The van der Waals surface area contributed by atoms with Gasteiger partial charge in [-0.25, -0.2) is 10.8 Å². The Kier molecular flexibility index (Phi) is 3.57. The summed E-state index contributed by atoms with van der Waals surface area (Å²) in [6.45, 7) is 0. The molecular weight excluding hydrogens is 274 g/mol. The van der Waals surface area contributed by atoms with Crippen LogP contribution in [0, 0.1) is 0 Å². The molecule has 0 saturated carbocycles. The second-order valence-corrected chi connectivity index (χ2v) is 4.80. The fraction of sp³-hybridized carbons (Fsp3) is 0. The van der Waals surface area contributed by atoms with Gasteiger partial charge < -0.3 is 5.43 Å². The van der Waals surface area contributed by atoms with Crippen LogP contribution in [0.25, 0.3) is 5.69 Å². The molecule has 0 atom stereocenters. The minimum Gasteiger partial charge on any atom is -0.308 e. The summed E-state index contributed by atoms with van der Waals surface area (Å²) < 4.78 is 1.66. The number of nitrogens with zero attached hydrogens (tertiary/aromatic N) is 5. The van der Waals surface area contributed by atoms with E-state index in [2.05, 4.69) is 25.9 Å². The Hall–Kier alpha value is -2.45. The Morgan fingerprint density at radius 1 is 1.05 bits per heavy atom. The lowest BCUT2D eigenvalue weighted by Crippen LogP contribution is -2.08. The average molecular weight is 285 g/mol. The Morgan fingerprint density at radius 2 is 1.90 bits per heavy atom. The molecular formula is C12H11N7S. The van der Waals surface area contributed by atoms with Gasteiger partial charge >= 0.3 is 0 Å². The van der Waals surface area contributed by atoms with E-state index < -0.39 is 0 Å². The second-order valence-electron chi connectivity index (χ2n) is 3.82. The smallest absolute Gasteiger partial charge is 0.220 e. The number of hydrogen-bond acceptors (Lipinski definition) is 7. The molecule has 0 aliphatic rings. The van der Waals surface area contributed by atoms with Crippen molar-refractivity contribution in [2.45, 2.75) is 10.2 Å². The number of nitrogens with one attached hydrogen (secondary N) is 1. The summed E-state index contributed by atoms with van der Waals surface area (Å²) in [6.07, 6.45) is 0. The normalized spacial score (nSPS) is 10.4. The summed E-state index contributed by atoms with van der Waals surface area (Å²) in [5.74, 6) is 5.94. The van der Waals surface area contributed by atoms with Crippen LogP contribution >= 0.6 is 11.8 Å². The van der Waals surface area contributed by atoms with E-state index in [9.17, 15) is 0 Å². The van der Waals surface area contributed by atoms with E-state index in [1.54, 1.807) is 10.7 Å². The van der Waals surface area contributed by atoms with Crippen LogP contribution in [0.4, 0.5) is 5.82 Å². The molecule has 0 fully saturated rings. The molecule has 0 saturated heterocycles. The molecule has 0 spiro atoms. The van der Waals surface area contributed by atoms with Crippen molar-refractivity contribution >= 4 is 17.6 Å². The van der Waals surface area contributed by atoms with Crippen molar-refractivity contribution in [3.8, 4) is 5.69 Å². The number of nitrogen functional groups attached to an aromatic ring is 1. The van der Waals surface area contributed by atoms with Crippen LogP contribution < -0.4 is 11.3 Å². The fourth-order valence-electron chi connectivity index (χ4n) is 1.62. The van der Waals surface area contributed by atoms with Gasteiger partial charge in [0.1, 0.15) is 10.8 Å². The first-order chi connectivity index (χ1) is 9.86. The van der Waals surface area contributed by atoms with E-state index in [4.69, 9.17) is 5.84 Å². The predicted octanol–water partition coefficient (Wildman–Crippen LogP) is 1.49. The van der Waals surface area contributed by atoms with E-state index in [0.717, 1.165) is 10.7 Å². The summed E-state index contributed by atoms with van der Waals surface area (Å²) in [5, 5.41) is 13.1. The van der Waals surface area contributed by atoms with Crippen LogP contribution in [0.15, 0.2) is 58.7 Å². The van der Waals surface area contributed by atoms with Crippen LogP contribution in [-0.4, -0.2) is 25.2 Å². The number of nitrogens with two attached hydrogens (primary N) is 1. The van der Waals surface area contributed by atoms with Crippen molar-refractivity contribution in [2.75, 3.05) is 5.43 Å². The standard InChI is InChI=1S/C12H11N7S/c13-15-10-7-4-8-11(14-10)20-12-16-17-18-19(12)9-5-2-1-3-6-9/h1-8H,13H2,(H,14,15). The molecule has 0 aliphatic heterocycles. The van der Waals surface area contributed by atoms with E-state index in [-0.39, 0.29) is 0 Å². The van der Waals surface area contributed by atoms with Crippen molar-refractivity contribution in [2.24, 2.45) is 5.84 Å². The first kappa shape index (κ1) is 12.6. The van der Waals surface area contributed by atoms with E-state index in [0.29, 0.717) is 11.0 Å². The monoisotopic (exact) mass is 285 g/mol. The summed E-state index contributed by atoms with van der Waals surface area (Å²) >= 11 is 1.37. The molecule has 3 N–H and O–H groups in total. The lowest BCUT2D eigenvalue weighted by atomic mass is 10.3. The molecule has 1 aromatic carbocycles. The quantitative estimate of drug-likeness (QED) is 0.554. The van der Waals surface area contributed by atoms with Crippen molar-refractivity contribution in [3.05, 3.63) is 48.5 Å². The van der Waals surface area contributed by atoms with E-state index in [1.165, 1.54) is 11.8 Å². The maximum atomic E-state index is 5.35. The van der Waals surface area contributed by atoms with Gasteiger partial charge in [-0.1, -0.05) is 24.3 Å². The molecule has 0 bridgehead atoms. The highest BCUT2D eigenvalue weighted by Crippen LogP contribution is 2.25. The van der Waals surface area contributed by atoms with Crippen LogP contribution in [-0.2, 0) is 0 Å². The molecule has 0 unspecified atom stereocenters. The van der Waals surface area contributed by atoms with Crippen molar-refractivity contribution in [1.29, 1.82) is 0 Å². The topological polar surface area (TPSA) is 94.5 Å². The Morgan fingerprint density at radius 3 is 2.70 bits per heavy atom. The number of rotatable bonds is 4. The fourth-order valence-corrected chi connectivity index (χ4v) is 2.40.